The largest absolute Gasteiger partial charge is 0.486 e. The molecule has 0 fully saturated rings. The zero-order valence-corrected chi connectivity index (χ0v) is 12.3. The third-order valence-corrected chi connectivity index (χ3v) is 3.55. The fourth-order valence-electron chi connectivity index (χ4n) is 2.00. The van der Waals surface area contributed by atoms with Crippen molar-refractivity contribution in [2.45, 2.75) is 32.2 Å². The van der Waals surface area contributed by atoms with Crippen LogP contribution in [-0.4, -0.2) is 36.2 Å². The maximum absolute atomic E-state index is 12.3. The van der Waals surface area contributed by atoms with E-state index in [1.807, 2.05) is 0 Å². The number of fused-ring (bicyclic) bond motifs is 1. The van der Waals surface area contributed by atoms with E-state index in [4.69, 9.17) is 14.6 Å². The molecule has 0 spiro atoms. The van der Waals surface area contributed by atoms with E-state index in [9.17, 15) is 9.59 Å². The zero-order valence-electron chi connectivity index (χ0n) is 12.3. The van der Waals surface area contributed by atoms with Gasteiger partial charge in [-0.15, -0.1) is 0 Å². The first-order valence-corrected chi connectivity index (χ1v) is 6.76. The third kappa shape index (κ3) is 3.09. The molecule has 2 rings (SSSR count). The topological polar surface area (TPSA) is 84.9 Å². The molecule has 1 amide bonds. The molecule has 0 saturated carbocycles. The average Bonchev–Trinajstić information content (AvgIpc) is 2.46. The van der Waals surface area contributed by atoms with E-state index < -0.39 is 17.4 Å². The zero-order chi connectivity index (χ0) is 15.6. The molecule has 0 aliphatic carbocycles. The van der Waals surface area contributed by atoms with Crippen LogP contribution in [-0.2, 0) is 15.0 Å². The fourth-order valence-corrected chi connectivity index (χ4v) is 2.00. The van der Waals surface area contributed by atoms with Gasteiger partial charge in [0.15, 0.2) is 11.5 Å². The number of benzene rings is 1. The van der Waals surface area contributed by atoms with Crippen LogP contribution in [0.1, 0.15) is 26.3 Å². The molecule has 0 radical (unpaired) electrons. The minimum Gasteiger partial charge on any atom is -0.486 e. The van der Waals surface area contributed by atoms with Gasteiger partial charge in [0.25, 0.3) is 0 Å². The highest BCUT2D eigenvalue weighted by atomic mass is 16.6. The molecule has 1 aromatic rings. The van der Waals surface area contributed by atoms with E-state index in [2.05, 4.69) is 5.32 Å². The first-order valence-electron chi connectivity index (χ1n) is 6.76. The van der Waals surface area contributed by atoms with Gasteiger partial charge in [-0.05, 0) is 38.5 Å². The maximum Gasteiger partial charge on any atom is 0.325 e. The molecule has 6 nitrogen and oxygen atoms in total. The van der Waals surface area contributed by atoms with Crippen molar-refractivity contribution < 1.29 is 24.2 Å². The summed E-state index contributed by atoms with van der Waals surface area (Å²) in [6.45, 7) is 5.89. The van der Waals surface area contributed by atoms with Crippen LogP contribution < -0.4 is 14.8 Å². The molecule has 114 valence electrons. The Morgan fingerprint density at radius 2 is 1.86 bits per heavy atom. The summed E-state index contributed by atoms with van der Waals surface area (Å²) in [6.07, 6.45) is 0. The fraction of sp³-hybridized carbons (Fsp3) is 0.467. The molecular formula is C15H19NO5. The standard InChI is InChI=1S/C15H19NO5/c1-9(13(17)18)16-14(19)15(2,3)10-4-5-11-12(8-10)21-7-6-20-11/h4-5,8-9H,6-7H2,1-3H3,(H,16,19)(H,17,18)/t9-/m0/s1. The van der Waals surface area contributed by atoms with Crippen LogP contribution in [0.15, 0.2) is 18.2 Å². The summed E-state index contributed by atoms with van der Waals surface area (Å²) in [4.78, 5) is 23.1. The Bertz CT molecular complexity index is 567. The van der Waals surface area contributed by atoms with Gasteiger partial charge in [0.2, 0.25) is 5.91 Å². The molecular weight excluding hydrogens is 274 g/mol. The Morgan fingerprint density at radius 1 is 1.24 bits per heavy atom. The summed E-state index contributed by atoms with van der Waals surface area (Å²) in [7, 11) is 0. The SMILES string of the molecule is C[C@H](NC(=O)C(C)(C)c1ccc2c(c1)OCCO2)C(=O)O. The number of carbonyl (C=O) groups excluding carboxylic acids is 1. The number of carboxylic acid groups (broad SMARTS) is 1. The molecule has 1 aliphatic rings. The van der Waals surface area contributed by atoms with E-state index >= 15 is 0 Å². The van der Waals surface area contributed by atoms with Crippen LogP contribution in [0.3, 0.4) is 0 Å². The maximum atomic E-state index is 12.3. The molecule has 0 bridgehead atoms. The molecule has 21 heavy (non-hydrogen) atoms. The van der Waals surface area contributed by atoms with Crippen LogP contribution in [0.5, 0.6) is 11.5 Å². The molecule has 0 aromatic heterocycles. The smallest absolute Gasteiger partial charge is 0.325 e. The van der Waals surface area contributed by atoms with E-state index in [0.717, 1.165) is 5.56 Å². The molecule has 1 heterocycles. The molecule has 6 heteroatoms. The van der Waals surface area contributed by atoms with Crippen molar-refractivity contribution in [2.75, 3.05) is 13.2 Å². The van der Waals surface area contributed by atoms with Gasteiger partial charge in [0.05, 0.1) is 5.41 Å². The first-order chi connectivity index (χ1) is 9.82. The third-order valence-electron chi connectivity index (χ3n) is 3.55. The average molecular weight is 293 g/mol. The van der Waals surface area contributed by atoms with E-state index in [1.54, 1.807) is 32.0 Å². The van der Waals surface area contributed by atoms with Crippen LogP contribution in [0.2, 0.25) is 0 Å². The number of hydrogen-bond acceptors (Lipinski definition) is 4. The van der Waals surface area contributed by atoms with E-state index in [0.29, 0.717) is 24.7 Å². The van der Waals surface area contributed by atoms with Crippen LogP contribution in [0.4, 0.5) is 0 Å². The van der Waals surface area contributed by atoms with Gasteiger partial charge in [0, 0.05) is 0 Å². The number of nitrogens with one attached hydrogen (secondary N) is 1. The lowest BCUT2D eigenvalue weighted by Gasteiger charge is -2.27. The van der Waals surface area contributed by atoms with E-state index in [-0.39, 0.29) is 5.91 Å². The highest BCUT2D eigenvalue weighted by Gasteiger charge is 2.32. The van der Waals surface area contributed by atoms with Crippen molar-refractivity contribution in [1.29, 1.82) is 0 Å². The van der Waals surface area contributed by atoms with Gasteiger partial charge in [-0.2, -0.15) is 0 Å². The molecule has 0 saturated heterocycles. The molecule has 0 unspecified atom stereocenters. The van der Waals surface area contributed by atoms with Crippen molar-refractivity contribution in [3.05, 3.63) is 23.8 Å². The molecule has 2 N–H and O–H groups in total. The highest BCUT2D eigenvalue weighted by Crippen LogP contribution is 2.35. The van der Waals surface area contributed by atoms with Gasteiger partial charge in [-0.25, -0.2) is 0 Å². The summed E-state index contributed by atoms with van der Waals surface area (Å²) in [5.41, 5.74) is -0.138. The number of aliphatic carboxylic acids is 1. The minimum atomic E-state index is -1.07. The number of carboxylic acids is 1. The Kier molecular flexibility index (Phi) is 4.06. The van der Waals surface area contributed by atoms with Gasteiger partial charge in [-0.1, -0.05) is 6.07 Å². The lowest BCUT2D eigenvalue weighted by Crippen LogP contribution is -2.47. The summed E-state index contributed by atoms with van der Waals surface area (Å²) in [5, 5.41) is 11.4. The summed E-state index contributed by atoms with van der Waals surface area (Å²) in [5.74, 6) is -0.165. The molecule has 1 aliphatic heterocycles. The van der Waals surface area contributed by atoms with Crippen molar-refractivity contribution in [1.82, 2.24) is 5.32 Å². The van der Waals surface area contributed by atoms with Crippen molar-refractivity contribution in [2.24, 2.45) is 0 Å². The normalized spacial score (nSPS) is 15.2. The number of carbonyl (C=O) groups is 2. The summed E-state index contributed by atoms with van der Waals surface area (Å²) < 4.78 is 11.0. The number of rotatable bonds is 4. The lowest BCUT2D eigenvalue weighted by molar-refractivity contribution is -0.142. The van der Waals surface area contributed by atoms with E-state index in [1.165, 1.54) is 6.92 Å². The number of amides is 1. The second-order valence-corrected chi connectivity index (χ2v) is 5.52. The first kappa shape index (κ1) is 15.2. The van der Waals surface area contributed by atoms with Crippen LogP contribution in [0, 0.1) is 0 Å². The van der Waals surface area contributed by atoms with Gasteiger partial charge >= 0.3 is 5.97 Å². The second-order valence-electron chi connectivity index (χ2n) is 5.52. The predicted octanol–water partition coefficient (Wildman–Crippen LogP) is 1.32. The van der Waals surface area contributed by atoms with Gasteiger partial charge < -0.3 is 19.9 Å². The van der Waals surface area contributed by atoms with Gasteiger partial charge in [-0.3, -0.25) is 9.59 Å². The summed E-state index contributed by atoms with van der Waals surface area (Å²) in [6, 6.07) is 4.38. The van der Waals surface area contributed by atoms with Crippen LogP contribution >= 0.6 is 0 Å². The minimum absolute atomic E-state index is 0.353. The second kappa shape index (κ2) is 5.63. The van der Waals surface area contributed by atoms with Crippen LogP contribution in [0.25, 0.3) is 0 Å². The predicted molar refractivity (Wildman–Crippen MR) is 75.7 cm³/mol. The Labute approximate surface area is 123 Å². The molecule has 1 aromatic carbocycles. The Balaban J connectivity index is 2.22. The number of hydrogen-bond donors (Lipinski definition) is 2. The quantitative estimate of drug-likeness (QED) is 0.874. The lowest BCUT2D eigenvalue weighted by atomic mass is 9.83. The monoisotopic (exact) mass is 293 g/mol. The highest BCUT2D eigenvalue weighted by molar-refractivity contribution is 5.90. The number of ether oxygens (including phenoxy) is 2. The van der Waals surface area contributed by atoms with Crippen molar-refractivity contribution in [3.63, 3.8) is 0 Å². The summed E-state index contributed by atoms with van der Waals surface area (Å²) >= 11 is 0. The Morgan fingerprint density at radius 3 is 2.48 bits per heavy atom. The van der Waals surface area contributed by atoms with Gasteiger partial charge in [0.1, 0.15) is 19.3 Å². The Hall–Kier alpha value is -2.24. The van der Waals surface area contributed by atoms with Crippen molar-refractivity contribution >= 4 is 11.9 Å². The van der Waals surface area contributed by atoms with Crippen molar-refractivity contribution in [3.8, 4) is 11.5 Å². The molecule has 1 atom stereocenters.